The minimum atomic E-state index is -0.757. The number of aryl methyl sites for hydroxylation is 1. The molecule has 2 unspecified atom stereocenters. The molecule has 0 radical (unpaired) electrons. The second kappa shape index (κ2) is 25.5. The number of unbranched alkanes of at least 4 members (excludes halogenated alkanes) is 1. The fourth-order valence-electron chi connectivity index (χ4n) is 7.25. The Bertz CT molecular complexity index is 2100. The summed E-state index contributed by atoms with van der Waals surface area (Å²) in [5, 5.41) is 3.46. The molecule has 0 spiro atoms. The molecule has 0 bridgehead atoms. The lowest BCUT2D eigenvalue weighted by Gasteiger charge is -2.36. The summed E-state index contributed by atoms with van der Waals surface area (Å²) >= 11 is 0. The third kappa shape index (κ3) is 14.5. The van der Waals surface area contributed by atoms with Gasteiger partial charge >= 0.3 is 23.9 Å². The topological polar surface area (TPSA) is 177 Å². The van der Waals surface area contributed by atoms with E-state index in [0.29, 0.717) is 82.2 Å². The summed E-state index contributed by atoms with van der Waals surface area (Å²) in [5.41, 5.74) is 11.3. The van der Waals surface area contributed by atoms with E-state index in [1.807, 2.05) is 65.6 Å². The van der Waals surface area contributed by atoms with Crippen LogP contribution in [0.25, 0.3) is 0 Å². The Morgan fingerprint density at radius 3 is 1.80 bits per heavy atom. The van der Waals surface area contributed by atoms with Crippen LogP contribution in [0.1, 0.15) is 63.5 Å². The number of methoxy groups -OCH3 is 2. The third-order valence-electron chi connectivity index (χ3n) is 10.5. The third-order valence-corrected chi connectivity index (χ3v) is 10.5. The molecule has 0 saturated carbocycles. The van der Waals surface area contributed by atoms with E-state index >= 15 is 0 Å². The lowest BCUT2D eigenvalue weighted by molar-refractivity contribution is -0.152. The molecule has 4 aromatic rings. The number of carbonyl (C=O) groups excluding carboxylic acids is 4. The van der Waals surface area contributed by atoms with E-state index in [1.165, 1.54) is 19.8 Å². The quantitative estimate of drug-likeness (QED) is 0.0373. The normalized spacial score (nSPS) is 14.8. The van der Waals surface area contributed by atoms with Crippen LogP contribution in [0.5, 0.6) is 17.2 Å². The van der Waals surface area contributed by atoms with Crippen LogP contribution in [0, 0.1) is 0 Å². The van der Waals surface area contributed by atoms with Gasteiger partial charge in [-0.15, -0.1) is 0 Å². The van der Waals surface area contributed by atoms with E-state index in [0.717, 1.165) is 47.6 Å². The van der Waals surface area contributed by atoms with Crippen LogP contribution in [-0.2, 0) is 51.1 Å². The van der Waals surface area contributed by atoms with Crippen LogP contribution in [0.4, 0.5) is 22.7 Å². The van der Waals surface area contributed by atoms with Crippen LogP contribution in [0.2, 0.25) is 0 Å². The van der Waals surface area contributed by atoms with Crippen LogP contribution >= 0.6 is 0 Å². The van der Waals surface area contributed by atoms with Crippen molar-refractivity contribution in [1.29, 1.82) is 0 Å². The molecule has 6 rings (SSSR count). The summed E-state index contributed by atoms with van der Waals surface area (Å²) in [6, 6.07) is 29.9. The largest absolute Gasteiger partial charge is 0.494 e. The highest BCUT2D eigenvalue weighted by Crippen LogP contribution is 2.41. The molecule has 344 valence electrons. The highest BCUT2D eigenvalue weighted by molar-refractivity contribution is 5.82. The first-order valence-electron chi connectivity index (χ1n) is 21.9. The molecule has 0 aliphatic carbocycles. The molecule has 2 heterocycles. The number of benzene rings is 4. The van der Waals surface area contributed by atoms with Gasteiger partial charge in [0, 0.05) is 32.5 Å². The van der Waals surface area contributed by atoms with E-state index in [9.17, 15) is 19.2 Å². The Balaban J connectivity index is 0.000000283. The Morgan fingerprint density at radius 1 is 0.656 bits per heavy atom. The summed E-state index contributed by atoms with van der Waals surface area (Å²) < 4.78 is 37.5. The molecule has 0 fully saturated rings. The lowest BCUT2D eigenvalue weighted by Crippen LogP contribution is -2.45. The fraction of sp³-hybridized carbons (Fsp3) is 0.429. The predicted octanol–water partition coefficient (Wildman–Crippen LogP) is 7.14. The Hall–Kier alpha value is -6.64. The van der Waals surface area contributed by atoms with Gasteiger partial charge in [0.2, 0.25) is 12.2 Å². The maximum Gasteiger partial charge on any atom is 0.349 e. The van der Waals surface area contributed by atoms with Crippen LogP contribution in [0.3, 0.4) is 0 Å². The molecule has 3 N–H and O–H groups in total. The van der Waals surface area contributed by atoms with Crippen molar-refractivity contribution in [3.8, 4) is 17.2 Å². The van der Waals surface area contributed by atoms with E-state index in [2.05, 4.69) is 39.2 Å². The van der Waals surface area contributed by atoms with Crippen LogP contribution < -0.4 is 35.1 Å². The van der Waals surface area contributed by atoms with Gasteiger partial charge in [0.05, 0.1) is 69.9 Å². The Morgan fingerprint density at radius 2 is 1.22 bits per heavy atom. The zero-order valence-electron chi connectivity index (χ0n) is 37.4. The van der Waals surface area contributed by atoms with Gasteiger partial charge in [0.1, 0.15) is 5.75 Å². The molecule has 64 heavy (non-hydrogen) atoms. The molecule has 0 amide bonds. The summed E-state index contributed by atoms with van der Waals surface area (Å²) in [7, 11) is 2.75. The standard InChI is InChI=1S/C33H40N2O6.C16H22N2O5/c1-3-39-33(37)30-24-35(21-10-16-31(36)38-2)29-15-9-14-28(32(29)41-30)34-23-26-17-19-27(20-18-26)40-22-8-7-13-25-11-5-4-6-12-25;1-3-22-16(20)13-10-18(9-5-8-14(19)21-2)12-7-4-6-11(17)15(12)23-13/h4-6,9,11-12,14-15,17-20,30,34H,3,7-8,10,13,16,21-24H2,1-2H3;4,6-7,13H,3,5,8-10,17H2,1-2H3. The molecule has 2 atom stereocenters. The van der Waals surface area contributed by atoms with Gasteiger partial charge in [0.25, 0.3) is 0 Å². The van der Waals surface area contributed by atoms with E-state index < -0.39 is 24.1 Å². The monoisotopic (exact) mass is 882 g/mol. The first kappa shape index (κ1) is 48.4. The number of nitrogens with one attached hydrogen (secondary N) is 1. The molecule has 15 nitrogen and oxygen atoms in total. The van der Waals surface area contributed by atoms with Gasteiger partial charge in [-0.05, 0) is 93.5 Å². The number of hydrogen-bond acceptors (Lipinski definition) is 15. The molecular formula is C49H62N4O11. The number of para-hydroxylation sites is 2. The zero-order chi connectivity index (χ0) is 45.7. The second-order valence-corrected chi connectivity index (χ2v) is 15.1. The molecule has 2 aliphatic rings. The van der Waals surface area contributed by atoms with Gasteiger partial charge in [-0.1, -0.05) is 54.6 Å². The van der Waals surface area contributed by atoms with Crippen molar-refractivity contribution in [3.05, 3.63) is 102 Å². The molecule has 4 aromatic carbocycles. The first-order valence-corrected chi connectivity index (χ1v) is 21.9. The van der Waals surface area contributed by atoms with Crippen molar-refractivity contribution in [3.63, 3.8) is 0 Å². The number of ether oxygens (including phenoxy) is 7. The first-order chi connectivity index (χ1) is 31.1. The highest BCUT2D eigenvalue weighted by atomic mass is 16.6. The van der Waals surface area contributed by atoms with E-state index in [1.54, 1.807) is 19.9 Å². The van der Waals surface area contributed by atoms with E-state index in [-0.39, 0.29) is 25.2 Å². The second-order valence-electron chi connectivity index (χ2n) is 15.1. The van der Waals surface area contributed by atoms with Crippen molar-refractivity contribution in [2.75, 3.05) is 81.1 Å². The van der Waals surface area contributed by atoms with Crippen molar-refractivity contribution < 1.29 is 52.3 Å². The number of nitrogens with two attached hydrogens (primary N) is 1. The summed E-state index contributed by atoms with van der Waals surface area (Å²) in [5.74, 6) is 0.609. The predicted molar refractivity (Wildman–Crippen MR) is 245 cm³/mol. The Kier molecular flexibility index (Phi) is 19.3. The molecule has 0 saturated heterocycles. The lowest BCUT2D eigenvalue weighted by atomic mass is 10.1. The molecule has 0 aromatic heterocycles. The van der Waals surface area contributed by atoms with Gasteiger partial charge in [-0.3, -0.25) is 9.59 Å². The number of carbonyl (C=O) groups is 4. The smallest absolute Gasteiger partial charge is 0.349 e. The maximum atomic E-state index is 12.6. The van der Waals surface area contributed by atoms with Crippen molar-refractivity contribution in [1.82, 2.24) is 0 Å². The summed E-state index contributed by atoms with van der Waals surface area (Å²) in [4.78, 5) is 51.5. The SMILES string of the molecule is CCOC(=O)C1CN(CCCC(=O)OC)c2cccc(N)c2O1.CCOC(=O)C1CN(CCCC(=O)OC)c2cccc(NCc3ccc(OCCCCc4ccccc4)cc3)c2O1. The van der Waals surface area contributed by atoms with Crippen molar-refractivity contribution in [2.45, 2.75) is 77.5 Å². The van der Waals surface area contributed by atoms with Gasteiger partial charge in [-0.2, -0.15) is 0 Å². The summed E-state index contributed by atoms with van der Waals surface area (Å²) in [6.07, 6.45) is 3.50. The number of anilines is 4. The number of esters is 4. The van der Waals surface area contributed by atoms with Crippen molar-refractivity contribution >= 4 is 46.6 Å². The molecule has 15 heteroatoms. The van der Waals surface area contributed by atoms with Crippen LogP contribution in [0.15, 0.2) is 91.0 Å². The average Bonchev–Trinajstić information content (AvgIpc) is 3.31. The van der Waals surface area contributed by atoms with Crippen LogP contribution in [-0.4, -0.2) is 96.3 Å². The zero-order valence-corrected chi connectivity index (χ0v) is 37.4. The minimum Gasteiger partial charge on any atom is -0.494 e. The average molecular weight is 883 g/mol. The molecular weight excluding hydrogens is 821 g/mol. The number of hydrogen-bond donors (Lipinski definition) is 2. The summed E-state index contributed by atoms with van der Waals surface area (Å²) in [6.45, 7) is 7.23. The maximum absolute atomic E-state index is 12.6. The highest BCUT2D eigenvalue weighted by Gasteiger charge is 2.34. The number of nitrogen functional groups attached to an aromatic ring is 1. The van der Waals surface area contributed by atoms with Gasteiger partial charge in [-0.25, -0.2) is 9.59 Å². The van der Waals surface area contributed by atoms with E-state index in [4.69, 9.17) is 34.2 Å². The number of nitrogens with zero attached hydrogens (tertiary/aromatic N) is 2. The van der Waals surface area contributed by atoms with Crippen molar-refractivity contribution in [2.24, 2.45) is 0 Å². The number of fused-ring (bicyclic) bond motifs is 2. The fourth-order valence-corrected chi connectivity index (χ4v) is 7.25. The van der Waals surface area contributed by atoms with Gasteiger partial charge < -0.3 is 54.0 Å². The van der Waals surface area contributed by atoms with Gasteiger partial charge in [0.15, 0.2) is 11.5 Å². The Labute approximate surface area is 376 Å². The molecule has 2 aliphatic heterocycles. The minimum absolute atomic E-state index is 0.254. The number of rotatable bonds is 21.